The van der Waals surface area contributed by atoms with Crippen molar-refractivity contribution in [1.29, 1.82) is 0 Å². The monoisotopic (exact) mass is 274 g/mol. The van der Waals surface area contributed by atoms with E-state index in [0.717, 1.165) is 35.0 Å². The highest BCUT2D eigenvalue weighted by Crippen LogP contribution is 2.26. The van der Waals surface area contributed by atoms with E-state index in [2.05, 4.69) is 16.9 Å². The first-order chi connectivity index (χ1) is 8.08. The molecule has 1 heterocycles. The van der Waals surface area contributed by atoms with Crippen LogP contribution in [0.3, 0.4) is 0 Å². The van der Waals surface area contributed by atoms with Gasteiger partial charge in [-0.3, -0.25) is 0 Å². The van der Waals surface area contributed by atoms with Crippen LogP contribution in [0.1, 0.15) is 31.7 Å². The molecule has 1 N–H and O–H groups in total. The minimum atomic E-state index is 0.201. The smallest absolute Gasteiger partial charge is 0.136 e. The summed E-state index contributed by atoms with van der Waals surface area (Å²) in [7, 11) is 0. The van der Waals surface area contributed by atoms with Crippen LogP contribution in [0.15, 0.2) is 5.03 Å². The predicted octanol–water partition coefficient (Wildman–Crippen LogP) is 3.11. The Bertz CT molecular complexity index is 374. The van der Waals surface area contributed by atoms with Crippen LogP contribution in [-0.2, 0) is 6.42 Å². The lowest BCUT2D eigenvalue weighted by Crippen LogP contribution is -2.05. The van der Waals surface area contributed by atoms with Crippen LogP contribution < -0.4 is 0 Å². The molecule has 0 fully saturated rings. The quantitative estimate of drug-likeness (QED) is 0.640. The van der Waals surface area contributed by atoms with Crippen LogP contribution in [0.5, 0.6) is 0 Å². The summed E-state index contributed by atoms with van der Waals surface area (Å²) in [4.78, 5) is 8.78. The van der Waals surface area contributed by atoms with Crippen molar-refractivity contribution in [2.24, 2.45) is 5.92 Å². The first-order valence-corrected chi connectivity index (χ1v) is 7.21. The average molecular weight is 275 g/mol. The number of rotatable bonds is 6. The van der Waals surface area contributed by atoms with Gasteiger partial charge in [0, 0.05) is 24.3 Å². The third-order valence-electron chi connectivity index (χ3n) is 2.38. The Morgan fingerprint density at radius 2 is 2.12 bits per heavy atom. The summed E-state index contributed by atoms with van der Waals surface area (Å²) in [5, 5.41) is 10.5. The van der Waals surface area contributed by atoms with E-state index in [0.29, 0.717) is 5.15 Å². The molecule has 1 aromatic rings. The van der Waals surface area contributed by atoms with Crippen LogP contribution in [0.2, 0.25) is 5.15 Å². The topological polar surface area (TPSA) is 46.0 Å². The molecule has 0 bridgehead atoms. The van der Waals surface area contributed by atoms with E-state index in [1.807, 2.05) is 13.8 Å². The van der Waals surface area contributed by atoms with E-state index in [1.54, 1.807) is 11.8 Å². The standard InChI is InChI=1S/C12H19ClN2OS/c1-4-5-10-14-11(13)9(3)12(15-10)17-7-8(2)6-16/h8,16H,4-7H2,1-3H3. The van der Waals surface area contributed by atoms with Crippen molar-refractivity contribution in [3.63, 3.8) is 0 Å². The molecule has 3 nitrogen and oxygen atoms in total. The zero-order valence-electron chi connectivity index (χ0n) is 10.5. The summed E-state index contributed by atoms with van der Waals surface area (Å²) < 4.78 is 0. The number of aliphatic hydroxyl groups is 1. The number of hydrogen-bond acceptors (Lipinski definition) is 4. The van der Waals surface area contributed by atoms with Crippen LogP contribution in [-0.4, -0.2) is 27.4 Å². The van der Waals surface area contributed by atoms with Crippen molar-refractivity contribution >= 4 is 23.4 Å². The molecule has 0 aliphatic carbocycles. The zero-order chi connectivity index (χ0) is 12.8. The molecule has 0 aliphatic heterocycles. The summed E-state index contributed by atoms with van der Waals surface area (Å²) in [5.74, 6) is 1.92. The van der Waals surface area contributed by atoms with Gasteiger partial charge in [0.1, 0.15) is 16.0 Å². The van der Waals surface area contributed by atoms with Gasteiger partial charge in [-0.2, -0.15) is 0 Å². The normalized spacial score (nSPS) is 12.8. The minimum absolute atomic E-state index is 0.201. The zero-order valence-corrected chi connectivity index (χ0v) is 12.1. The van der Waals surface area contributed by atoms with Gasteiger partial charge in [-0.15, -0.1) is 11.8 Å². The van der Waals surface area contributed by atoms with Crippen LogP contribution in [0.25, 0.3) is 0 Å². The van der Waals surface area contributed by atoms with Crippen molar-refractivity contribution in [1.82, 2.24) is 9.97 Å². The maximum Gasteiger partial charge on any atom is 0.136 e. The lowest BCUT2D eigenvalue weighted by molar-refractivity contribution is 0.250. The van der Waals surface area contributed by atoms with Crippen molar-refractivity contribution < 1.29 is 5.11 Å². The lowest BCUT2D eigenvalue weighted by atomic mass is 10.2. The summed E-state index contributed by atoms with van der Waals surface area (Å²) in [5.41, 5.74) is 0.932. The number of aryl methyl sites for hydroxylation is 1. The van der Waals surface area contributed by atoms with Crippen LogP contribution >= 0.6 is 23.4 Å². The molecule has 0 aromatic carbocycles. The molecule has 5 heteroatoms. The molecule has 1 unspecified atom stereocenters. The van der Waals surface area contributed by atoms with Crippen LogP contribution in [0.4, 0.5) is 0 Å². The van der Waals surface area contributed by atoms with Gasteiger partial charge in [-0.1, -0.05) is 25.4 Å². The number of nitrogens with zero attached hydrogens (tertiary/aromatic N) is 2. The minimum Gasteiger partial charge on any atom is -0.396 e. The molecule has 96 valence electrons. The Kier molecular flexibility index (Phi) is 6.23. The van der Waals surface area contributed by atoms with E-state index in [4.69, 9.17) is 16.7 Å². The van der Waals surface area contributed by atoms with Gasteiger partial charge in [0.25, 0.3) is 0 Å². The molecule has 1 rings (SSSR count). The van der Waals surface area contributed by atoms with E-state index in [1.165, 1.54) is 0 Å². The number of halogens is 1. The van der Waals surface area contributed by atoms with Gasteiger partial charge in [0.05, 0.1) is 0 Å². The van der Waals surface area contributed by atoms with Gasteiger partial charge < -0.3 is 5.11 Å². The van der Waals surface area contributed by atoms with Crippen molar-refractivity contribution in [3.05, 3.63) is 16.5 Å². The molecule has 0 radical (unpaired) electrons. The Hall–Kier alpha value is -0.320. The fourth-order valence-electron chi connectivity index (χ4n) is 1.26. The maximum absolute atomic E-state index is 9.00. The molecule has 0 spiro atoms. The third kappa shape index (κ3) is 4.45. The van der Waals surface area contributed by atoms with Gasteiger partial charge in [0.15, 0.2) is 0 Å². The Balaban J connectivity index is 2.82. The second kappa shape index (κ2) is 7.19. The molecule has 0 saturated carbocycles. The Morgan fingerprint density at radius 3 is 2.71 bits per heavy atom. The highest BCUT2D eigenvalue weighted by atomic mass is 35.5. The van der Waals surface area contributed by atoms with E-state index in [9.17, 15) is 0 Å². The molecular formula is C12H19ClN2OS. The molecule has 17 heavy (non-hydrogen) atoms. The largest absolute Gasteiger partial charge is 0.396 e. The highest BCUT2D eigenvalue weighted by molar-refractivity contribution is 7.99. The molecule has 1 atom stereocenters. The molecule has 0 saturated heterocycles. The summed E-state index contributed by atoms with van der Waals surface area (Å²) in [6, 6.07) is 0. The first-order valence-electron chi connectivity index (χ1n) is 5.85. The molecule has 0 amide bonds. The second-order valence-electron chi connectivity index (χ2n) is 4.21. The fraction of sp³-hybridized carbons (Fsp3) is 0.667. The average Bonchev–Trinajstić information content (AvgIpc) is 2.31. The number of aliphatic hydroxyl groups excluding tert-OH is 1. The summed E-state index contributed by atoms with van der Waals surface area (Å²) >= 11 is 7.73. The van der Waals surface area contributed by atoms with Crippen LogP contribution in [0, 0.1) is 12.8 Å². The first kappa shape index (κ1) is 14.7. The van der Waals surface area contributed by atoms with E-state index >= 15 is 0 Å². The number of hydrogen-bond donors (Lipinski definition) is 1. The second-order valence-corrected chi connectivity index (χ2v) is 5.58. The van der Waals surface area contributed by atoms with Gasteiger partial charge >= 0.3 is 0 Å². The molecular weight excluding hydrogens is 256 g/mol. The van der Waals surface area contributed by atoms with Crippen molar-refractivity contribution in [3.8, 4) is 0 Å². The maximum atomic E-state index is 9.00. The summed E-state index contributed by atoms with van der Waals surface area (Å²) in [6.07, 6.45) is 1.86. The van der Waals surface area contributed by atoms with Gasteiger partial charge in [-0.25, -0.2) is 9.97 Å². The van der Waals surface area contributed by atoms with Gasteiger partial charge in [-0.05, 0) is 19.3 Å². The van der Waals surface area contributed by atoms with E-state index in [-0.39, 0.29) is 12.5 Å². The number of aromatic nitrogens is 2. The highest BCUT2D eigenvalue weighted by Gasteiger charge is 2.11. The van der Waals surface area contributed by atoms with Gasteiger partial charge in [0.2, 0.25) is 0 Å². The van der Waals surface area contributed by atoms with E-state index < -0.39 is 0 Å². The van der Waals surface area contributed by atoms with Crippen molar-refractivity contribution in [2.75, 3.05) is 12.4 Å². The Labute approximate surface area is 112 Å². The fourth-order valence-corrected chi connectivity index (χ4v) is 2.54. The molecule has 1 aromatic heterocycles. The molecule has 0 aliphatic rings. The third-order valence-corrected chi connectivity index (χ3v) is 4.15. The predicted molar refractivity (Wildman–Crippen MR) is 72.7 cm³/mol. The van der Waals surface area contributed by atoms with Crippen molar-refractivity contribution in [2.45, 2.75) is 38.6 Å². The SMILES string of the molecule is CCCc1nc(Cl)c(C)c(SCC(C)CO)n1. The lowest BCUT2D eigenvalue weighted by Gasteiger charge is -2.10. The Morgan fingerprint density at radius 1 is 1.41 bits per heavy atom. The number of thioether (sulfide) groups is 1. The summed E-state index contributed by atoms with van der Waals surface area (Å²) in [6.45, 7) is 6.24.